The number of hydrogen-bond donors (Lipinski definition) is 3. The zero-order chi connectivity index (χ0) is 9.26. The second-order valence-electron chi connectivity index (χ2n) is 2.65. The third-order valence-corrected chi connectivity index (χ3v) is 2.98. The molecule has 0 saturated carbocycles. The number of amides is 1. The quantitative estimate of drug-likeness (QED) is 0.451. The summed E-state index contributed by atoms with van der Waals surface area (Å²) >= 11 is 1.42. The molecule has 0 fully saturated rings. The van der Waals surface area contributed by atoms with Gasteiger partial charge in [-0.05, 0) is 12.1 Å². The first-order chi connectivity index (χ1) is 6.31. The first-order valence-corrected chi connectivity index (χ1v) is 4.72. The van der Waals surface area contributed by atoms with Gasteiger partial charge in [0.1, 0.15) is 0 Å². The van der Waals surface area contributed by atoms with E-state index in [2.05, 4.69) is 10.7 Å². The Morgan fingerprint density at radius 2 is 2.23 bits per heavy atom. The summed E-state index contributed by atoms with van der Waals surface area (Å²) < 4.78 is 0. The lowest BCUT2D eigenvalue weighted by atomic mass is 10.3. The summed E-state index contributed by atoms with van der Waals surface area (Å²) in [6.45, 7) is 0. The highest BCUT2D eigenvalue weighted by molar-refractivity contribution is 8.00. The van der Waals surface area contributed by atoms with Gasteiger partial charge in [0.25, 0.3) is 5.91 Å². The van der Waals surface area contributed by atoms with Crippen molar-refractivity contribution in [3.8, 4) is 0 Å². The number of anilines is 1. The van der Waals surface area contributed by atoms with Crippen LogP contribution in [0.15, 0.2) is 29.2 Å². The normalized spacial score (nSPS) is 20.7. The number of benzene rings is 1. The van der Waals surface area contributed by atoms with Crippen LogP contribution in [0.1, 0.15) is 0 Å². The maximum Gasteiger partial charge on any atom is 0.253 e. The van der Waals surface area contributed by atoms with Gasteiger partial charge in [0.15, 0.2) is 5.37 Å². The summed E-state index contributed by atoms with van der Waals surface area (Å²) in [6, 6.07) is 7.63. The molecular formula is C8H9N3OS. The fraction of sp³-hybridized carbons (Fsp3) is 0.125. The van der Waals surface area contributed by atoms with Crippen LogP contribution in [0.5, 0.6) is 0 Å². The van der Waals surface area contributed by atoms with Gasteiger partial charge in [-0.15, -0.1) is 0 Å². The molecule has 0 saturated heterocycles. The minimum atomic E-state index is -0.394. The van der Waals surface area contributed by atoms with Crippen molar-refractivity contribution in [2.24, 2.45) is 5.84 Å². The third kappa shape index (κ3) is 1.53. The predicted molar refractivity (Wildman–Crippen MR) is 52.0 cm³/mol. The molecule has 5 heteroatoms. The number of nitrogens with two attached hydrogens (primary N) is 1. The molecule has 0 spiro atoms. The van der Waals surface area contributed by atoms with E-state index in [1.807, 2.05) is 24.3 Å². The van der Waals surface area contributed by atoms with Crippen LogP contribution >= 0.6 is 11.8 Å². The molecule has 1 aliphatic rings. The Morgan fingerprint density at radius 1 is 1.46 bits per heavy atom. The molecule has 1 heterocycles. The van der Waals surface area contributed by atoms with Crippen molar-refractivity contribution >= 4 is 23.4 Å². The number of carbonyl (C=O) groups excluding carboxylic acids is 1. The molecule has 13 heavy (non-hydrogen) atoms. The van der Waals surface area contributed by atoms with Gasteiger partial charge in [-0.25, -0.2) is 5.43 Å². The molecule has 0 bridgehead atoms. The molecule has 0 aromatic heterocycles. The van der Waals surface area contributed by atoms with E-state index in [1.54, 1.807) is 0 Å². The van der Waals surface area contributed by atoms with E-state index in [9.17, 15) is 4.79 Å². The Morgan fingerprint density at radius 3 is 3.00 bits per heavy atom. The Bertz CT molecular complexity index is 342. The van der Waals surface area contributed by atoms with Crippen LogP contribution in [-0.4, -0.2) is 11.3 Å². The minimum Gasteiger partial charge on any atom is -0.323 e. The molecule has 1 atom stereocenters. The lowest BCUT2D eigenvalue weighted by Crippen LogP contribution is -2.43. The third-order valence-electron chi connectivity index (χ3n) is 1.78. The molecular weight excluding hydrogens is 186 g/mol. The fourth-order valence-electron chi connectivity index (χ4n) is 1.16. The second-order valence-corrected chi connectivity index (χ2v) is 3.80. The summed E-state index contributed by atoms with van der Waals surface area (Å²) in [5.41, 5.74) is 3.30. The van der Waals surface area contributed by atoms with Crippen LogP contribution in [0.25, 0.3) is 0 Å². The maximum absolute atomic E-state index is 11.3. The van der Waals surface area contributed by atoms with Crippen molar-refractivity contribution in [1.29, 1.82) is 0 Å². The van der Waals surface area contributed by atoms with Crippen molar-refractivity contribution in [2.45, 2.75) is 10.3 Å². The van der Waals surface area contributed by atoms with Crippen molar-refractivity contribution in [3.05, 3.63) is 24.3 Å². The number of carbonyl (C=O) groups is 1. The molecule has 0 radical (unpaired) electrons. The van der Waals surface area contributed by atoms with Gasteiger partial charge in [-0.1, -0.05) is 23.9 Å². The standard InChI is InChI=1S/C8H9N3OS/c9-11-8-7(12)10-5-3-1-2-4-6(5)13-8/h1-4,8,11H,9H2,(H,10,12). The molecule has 1 aliphatic heterocycles. The van der Waals surface area contributed by atoms with Gasteiger partial charge >= 0.3 is 0 Å². The zero-order valence-electron chi connectivity index (χ0n) is 6.78. The van der Waals surface area contributed by atoms with E-state index in [-0.39, 0.29) is 5.91 Å². The van der Waals surface area contributed by atoms with Crippen LogP contribution in [0.4, 0.5) is 5.69 Å². The molecule has 4 N–H and O–H groups in total. The first kappa shape index (κ1) is 8.55. The molecule has 1 unspecified atom stereocenters. The molecule has 1 amide bonds. The number of fused-ring (bicyclic) bond motifs is 1. The van der Waals surface area contributed by atoms with Crippen molar-refractivity contribution in [1.82, 2.24) is 5.43 Å². The number of para-hydroxylation sites is 1. The smallest absolute Gasteiger partial charge is 0.253 e. The highest BCUT2D eigenvalue weighted by Crippen LogP contribution is 2.33. The highest BCUT2D eigenvalue weighted by atomic mass is 32.2. The van der Waals surface area contributed by atoms with Crippen LogP contribution in [-0.2, 0) is 4.79 Å². The lowest BCUT2D eigenvalue weighted by Gasteiger charge is -2.22. The van der Waals surface area contributed by atoms with E-state index in [4.69, 9.17) is 5.84 Å². The number of hydrogen-bond acceptors (Lipinski definition) is 4. The Balaban J connectivity index is 2.33. The summed E-state index contributed by atoms with van der Waals surface area (Å²) in [5.74, 6) is 5.11. The van der Waals surface area contributed by atoms with E-state index in [1.165, 1.54) is 11.8 Å². The monoisotopic (exact) mass is 195 g/mol. The lowest BCUT2D eigenvalue weighted by molar-refractivity contribution is -0.116. The molecule has 68 valence electrons. The fourth-order valence-corrected chi connectivity index (χ4v) is 2.05. The Hall–Kier alpha value is -1.04. The number of rotatable bonds is 1. The number of hydrazine groups is 1. The maximum atomic E-state index is 11.3. The molecule has 1 aromatic carbocycles. The summed E-state index contributed by atoms with van der Waals surface area (Å²) in [7, 11) is 0. The number of nitrogens with one attached hydrogen (secondary N) is 2. The largest absolute Gasteiger partial charge is 0.323 e. The van der Waals surface area contributed by atoms with E-state index >= 15 is 0 Å². The predicted octanol–water partition coefficient (Wildman–Crippen LogP) is 0.520. The summed E-state index contributed by atoms with van der Waals surface area (Å²) in [6.07, 6.45) is 0. The average molecular weight is 195 g/mol. The van der Waals surface area contributed by atoms with Crippen molar-refractivity contribution in [3.63, 3.8) is 0 Å². The van der Waals surface area contributed by atoms with Gasteiger partial charge in [0.05, 0.1) is 5.69 Å². The van der Waals surface area contributed by atoms with Crippen molar-refractivity contribution in [2.75, 3.05) is 5.32 Å². The molecule has 0 aliphatic carbocycles. The first-order valence-electron chi connectivity index (χ1n) is 3.84. The molecule has 2 rings (SSSR count). The van der Waals surface area contributed by atoms with Crippen LogP contribution in [0.2, 0.25) is 0 Å². The van der Waals surface area contributed by atoms with Crippen molar-refractivity contribution < 1.29 is 4.79 Å². The van der Waals surface area contributed by atoms with Crippen LogP contribution in [0, 0.1) is 0 Å². The van der Waals surface area contributed by atoms with Crippen LogP contribution in [0.3, 0.4) is 0 Å². The Kier molecular flexibility index (Phi) is 2.22. The van der Waals surface area contributed by atoms with Gasteiger partial charge in [-0.2, -0.15) is 0 Å². The highest BCUT2D eigenvalue weighted by Gasteiger charge is 2.24. The van der Waals surface area contributed by atoms with E-state index in [0.717, 1.165) is 10.6 Å². The summed E-state index contributed by atoms with van der Waals surface area (Å²) in [5, 5.41) is 2.36. The van der Waals surface area contributed by atoms with E-state index in [0.29, 0.717) is 0 Å². The van der Waals surface area contributed by atoms with Gasteiger partial charge in [0.2, 0.25) is 0 Å². The Labute approximate surface area is 79.8 Å². The zero-order valence-corrected chi connectivity index (χ0v) is 7.60. The molecule has 1 aromatic rings. The van der Waals surface area contributed by atoms with Gasteiger partial charge < -0.3 is 5.32 Å². The van der Waals surface area contributed by atoms with Crippen LogP contribution < -0.4 is 16.6 Å². The van der Waals surface area contributed by atoms with E-state index < -0.39 is 5.37 Å². The topological polar surface area (TPSA) is 67.2 Å². The number of thioether (sulfide) groups is 1. The minimum absolute atomic E-state index is 0.105. The van der Waals surface area contributed by atoms with Gasteiger partial charge in [-0.3, -0.25) is 10.6 Å². The molecule has 4 nitrogen and oxygen atoms in total. The average Bonchev–Trinajstić information content (AvgIpc) is 2.17. The summed E-state index contributed by atoms with van der Waals surface area (Å²) in [4.78, 5) is 12.3. The van der Waals surface area contributed by atoms with Gasteiger partial charge in [0, 0.05) is 4.90 Å². The second kappa shape index (κ2) is 3.37. The SMILES string of the molecule is NNC1Sc2ccccc2NC1=O.